The van der Waals surface area contributed by atoms with E-state index in [0.717, 1.165) is 6.42 Å². The Bertz CT molecular complexity index is 343. The summed E-state index contributed by atoms with van der Waals surface area (Å²) in [6, 6.07) is 0. The third-order valence-corrected chi connectivity index (χ3v) is 2.51. The molecule has 0 unspecified atom stereocenters. The standard InChI is InChI=1S/C15H32N4O4/c1-15(2,3)23-14(20)19-8-6-7-17-13(16-4)18-9-10-22-12-11-21-5/h6-12H2,1-5H3,(H,19,20)(H2,16,17,18). The summed E-state index contributed by atoms with van der Waals surface area (Å²) in [7, 11) is 3.35. The molecule has 0 aromatic heterocycles. The van der Waals surface area contributed by atoms with E-state index in [1.807, 2.05) is 20.8 Å². The van der Waals surface area contributed by atoms with E-state index < -0.39 is 11.7 Å². The monoisotopic (exact) mass is 332 g/mol. The van der Waals surface area contributed by atoms with E-state index >= 15 is 0 Å². The number of carbonyl (C=O) groups is 1. The molecule has 0 rings (SSSR count). The van der Waals surface area contributed by atoms with Crippen LogP contribution in [0, 0.1) is 0 Å². The molecule has 0 fully saturated rings. The molecule has 0 spiro atoms. The Morgan fingerprint density at radius 3 is 2.26 bits per heavy atom. The average molecular weight is 332 g/mol. The summed E-state index contributed by atoms with van der Waals surface area (Å²) >= 11 is 0. The number of carbonyl (C=O) groups excluding carboxylic acids is 1. The maximum absolute atomic E-state index is 11.4. The van der Waals surface area contributed by atoms with Crippen molar-refractivity contribution >= 4 is 12.1 Å². The van der Waals surface area contributed by atoms with E-state index in [1.165, 1.54) is 0 Å². The lowest BCUT2D eigenvalue weighted by atomic mass is 10.2. The van der Waals surface area contributed by atoms with Crippen LogP contribution in [0.15, 0.2) is 4.99 Å². The number of rotatable bonds is 10. The molecule has 8 nitrogen and oxygen atoms in total. The highest BCUT2D eigenvalue weighted by molar-refractivity contribution is 5.79. The first-order chi connectivity index (χ1) is 10.9. The summed E-state index contributed by atoms with van der Waals surface area (Å²) in [6.45, 7) is 9.18. The van der Waals surface area contributed by atoms with Gasteiger partial charge in [0.2, 0.25) is 0 Å². The number of hydrogen-bond donors (Lipinski definition) is 3. The zero-order valence-corrected chi connectivity index (χ0v) is 15.0. The minimum Gasteiger partial charge on any atom is -0.444 e. The Kier molecular flexibility index (Phi) is 12.1. The molecule has 1 amide bonds. The SMILES string of the molecule is CN=C(NCCCNC(=O)OC(C)(C)C)NCCOCCOC. The molecule has 0 saturated carbocycles. The molecule has 3 N–H and O–H groups in total. The Balaban J connectivity index is 3.59. The van der Waals surface area contributed by atoms with Crippen molar-refractivity contribution in [2.75, 3.05) is 53.6 Å². The Morgan fingerprint density at radius 2 is 1.65 bits per heavy atom. The van der Waals surface area contributed by atoms with E-state index in [9.17, 15) is 4.79 Å². The van der Waals surface area contributed by atoms with Gasteiger partial charge in [0.25, 0.3) is 0 Å². The second-order valence-electron chi connectivity index (χ2n) is 5.81. The van der Waals surface area contributed by atoms with Crippen molar-refractivity contribution in [1.82, 2.24) is 16.0 Å². The Hall–Kier alpha value is -1.54. The third kappa shape index (κ3) is 15.1. The van der Waals surface area contributed by atoms with Gasteiger partial charge in [0.15, 0.2) is 5.96 Å². The summed E-state index contributed by atoms with van der Waals surface area (Å²) in [6.07, 6.45) is 0.373. The van der Waals surface area contributed by atoms with Crippen molar-refractivity contribution in [3.8, 4) is 0 Å². The first-order valence-electron chi connectivity index (χ1n) is 7.87. The molecule has 8 heteroatoms. The van der Waals surface area contributed by atoms with E-state index in [0.29, 0.717) is 45.4 Å². The number of guanidine groups is 1. The largest absolute Gasteiger partial charge is 0.444 e. The molecule has 0 aliphatic carbocycles. The van der Waals surface area contributed by atoms with Gasteiger partial charge in [0.1, 0.15) is 5.60 Å². The first-order valence-corrected chi connectivity index (χ1v) is 7.87. The summed E-state index contributed by atoms with van der Waals surface area (Å²) in [5, 5.41) is 9.01. The van der Waals surface area contributed by atoms with Gasteiger partial charge in [-0.25, -0.2) is 4.79 Å². The fourth-order valence-corrected chi connectivity index (χ4v) is 1.51. The molecule has 136 valence electrons. The van der Waals surface area contributed by atoms with Crippen LogP contribution in [0.5, 0.6) is 0 Å². The number of amides is 1. The van der Waals surface area contributed by atoms with Crippen LogP contribution in [-0.2, 0) is 14.2 Å². The van der Waals surface area contributed by atoms with E-state index in [2.05, 4.69) is 20.9 Å². The maximum atomic E-state index is 11.4. The van der Waals surface area contributed by atoms with E-state index in [4.69, 9.17) is 14.2 Å². The molecule has 0 bridgehead atoms. The van der Waals surface area contributed by atoms with Gasteiger partial charge in [0, 0.05) is 33.8 Å². The van der Waals surface area contributed by atoms with E-state index in [1.54, 1.807) is 14.2 Å². The highest BCUT2D eigenvalue weighted by atomic mass is 16.6. The van der Waals surface area contributed by atoms with Gasteiger partial charge in [-0.2, -0.15) is 0 Å². The number of nitrogens with one attached hydrogen (secondary N) is 3. The molecule has 0 heterocycles. The normalized spacial score (nSPS) is 12.0. The van der Waals surface area contributed by atoms with Crippen molar-refractivity contribution in [2.24, 2.45) is 4.99 Å². The Labute approximate surface area is 139 Å². The number of aliphatic imine (C=N–C) groups is 1. The van der Waals surface area contributed by atoms with Crippen LogP contribution >= 0.6 is 0 Å². The van der Waals surface area contributed by atoms with Crippen LogP contribution in [0.25, 0.3) is 0 Å². The maximum Gasteiger partial charge on any atom is 0.407 e. The fraction of sp³-hybridized carbons (Fsp3) is 0.867. The molecule has 0 aromatic rings. The molecule has 0 aliphatic rings. The van der Waals surface area contributed by atoms with Crippen LogP contribution in [0.3, 0.4) is 0 Å². The summed E-state index contributed by atoms with van der Waals surface area (Å²) in [4.78, 5) is 15.6. The van der Waals surface area contributed by atoms with Gasteiger partial charge in [-0.1, -0.05) is 0 Å². The van der Waals surface area contributed by atoms with Crippen molar-refractivity contribution in [3.63, 3.8) is 0 Å². The molecule has 0 aliphatic heterocycles. The van der Waals surface area contributed by atoms with Gasteiger partial charge in [-0.15, -0.1) is 0 Å². The fourth-order valence-electron chi connectivity index (χ4n) is 1.51. The summed E-state index contributed by atoms with van der Waals surface area (Å²) in [5.74, 6) is 0.706. The molecule has 0 saturated heterocycles. The molecule has 0 atom stereocenters. The first kappa shape index (κ1) is 21.5. The zero-order chi connectivity index (χ0) is 17.6. The predicted octanol–water partition coefficient (Wildman–Crippen LogP) is 0.729. The molecule has 0 aromatic carbocycles. The van der Waals surface area contributed by atoms with Gasteiger partial charge >= 0.3 is 6.09 Å². The van der Waals surface area contributed by atoms with Crippen molar-refractivity contribution in [2.45, 2.75) is 32.8 Å². The summed E-state index contributed by atoms with van der Waals surface area (Å²) in [5.41, 5.74) is -0.473. The molecule has 23 heavy (non-hydrogen) atoms. The summed E-state index contributed by atoms with van der Waals surface area (Å²) < 4.78 is 15.4. The zero-order valence-electron chi connectivity index (χ0n) is 15.0. The van der Waals surface area contributed by atoms with Crippen molar-refractivity contribution in [1.29, 1.82) is 0 Å². The van der Waals surface area contributed by atoms with Crippen LogP contribution < -0.4 is 16.0 Å². The second kappa shape index (κ2) is 13.0. The van der Waals surface area contributed by atoms with E-state index in [-0.39, 0.29) is 0 Å². The quantitative estimate of drug-likeness (QED) is 0.310. The Morgan fingerprint density at radius 1 is 1.00 bits per heavy atom. The van der Waals surface area contributed by atoms with Gasteiger partial charge in [-0.05, 0) is 27.2 Å². The highest BCUT2D eigenvalue weighted by Crippen LogP contribution is 2.06. The minimum atomic E-state index is -0.473. The van der Waals surface area contributed by atoms with Crippen LogP contribution in [0.2, 0.25) is 0 Å². The lowest BCUT2D eigenvalue weighted by Crippen LogP contribution is -2.40. The van der Waals surface area contributed by atoms with Crippen molar-refractivity contribution in [3.05, 3.63) is 0 Å². The number of nitrogens with zero attached hydrogens (tertiary/aromatic N) is 1. The molecule has 0 radical (unpaired) electrons. The van der Waals surface area contributed by atoms with Gasteiger partial charge < -0.3 is 30.2 Å². The smallest absolute Gasteiger partial charge is 0.407 e. The number of hydrogen-bond acceptors (Lipinski definition) is 5. The van der Waals surface area contributed by atoms with Crippen LogP contribution in [0.4, 0.5) is 4.79 Å². The second-order valence-corrected chi connectivity index (χ2v) is 5.81. The van der Waals surface area contributed by atoms with Crippen LogP contribution in [-0.4, -0.2) is 71.3 Å². The van der Waals surface area contributed by atoms with Gasteiger partial charge in [0.05, 0.1) is 19.8 Å². The number of methoxy groups -OCH3 is 1. The lowest BCUT2D eigenvalue weighted by Gasteiger charge is -2.19. The molecular formula is C15H32N4O4. The molecular weight excluding hydrogens is 300 g/mol. The minimum absolute atomic E-state index is 0.395. The number of alkyl carbamates (subject to hydrolysis) is 1. The van der Waals surface area contributed by atoms with Gasteiger partial charge in [-0.3, -0.25) is 4.99 Å². The predicted molar refractivity (Wildman–Crippen MR) is 90.9 cm³/mol. The van der Waals surface area contributed by atoms with Crippen LogP contribution in [0.1, 0.15) is 27.2 Å². The topological polar surface area (TPSA) is 93.2 Å². The third-order valence-electron chi connectivity index (χ3n) is 2.51. The highest BCUT2D eigenvalue weighted by Gasteiger charge is 2.15. The van der Waals surface area contributed by atoms with Crippen molar-refractivity contribution < 1.29 is 19.0 Å². The lowest BCUT2D eigenvalue weighted by molar-refractivity contribution is 0.0527. The average Bonchev–Trinajstić information content (AvgIpc) is 2.46. The number of ether oxygens (including phenoxy) is 3.